The molecule has 1 atom stereocenters. The highest BCUT2D eigenvalue weighted by Gasteiger charge is 2.25. The van der Waals surface area contributed by atoms with Crippen molar-refractivity contribution in [3.63, 3.8) is 0 Å². The first-order valence-corrected chi connectivity index (χ1v) is 15.1. The van der Waals surface area contributed by atoms with Gasteiger partial charge in [0.25, 0.3) is 5.91 Å². The Bertz CT molecular complexity index is 1520. The summed E-state index contributed by atoms with van der Waals surface area (Å²) in [6, 6.07) is 14.0. The third-order valence-corrected chi connectivity index (χ3v) is 7.54. The van der Waals surface area contributed by atoms with Crippen molar-refractivity contribution in [1.82, 2.24) is 40.3 Å². The van der Waals surface area contributed by atoms with Gasteiger partial charge in [0, 0.05) is 76.5 Å². The number of aryl methyl sites for hydroxylation is 2. The summed E-state index contributed by atoms with van der Waals surface area (Å²) in [5.41, 5.74) is 3.24. The summed E-state index contributed by atoms with van der Waals surface area (Å²) < 4.78 is 15.3. The average Bonchev–Trinajstić information content (AvgIpc) is 3.70. The zero-order valence-corrected chi connectivity index (χ0v) is 25.3. The Labute approximate surface area is 257 Å². The number of ether oxygens (including phenoxy) is 2. The van der Waals surface area contributed by atoms with Gasteiger partial charge in [-0.05, 0) is 24.6 Å². The van der Waals surface area contributed by atoms with E-state index in [0.29, 0.717) is 69.1 Å². The molecular formula is C32H40N8O4. The summed E-state index contributed by atoms with van der Waals surface area (Å²) in [5, 5.41) is 19.1. The lowest BCUT2D eigenvalue weighted by atomic mass is 10.0. The average molecular weight is 601 g/mol. The van der Waals surface area contributed by atoms with Crippen LogP contribution >= 0.6 is 0 Å². The number of para-hydroxylation sites is 1. The number of hydrogen-bond acceptors (Lipinski definition) is 8. The molecule has 2 amide bonds. The number of benzene rings is 2. The normalized spacial score (nSPS) is 17.3. The first-order valence-electron chi connectivity index (χ1n) is 15.1. The molecule has 2 aromatic carbocycles. The molecule has 2 bridgehead atoms. The molecule has 1 aliphatic rings. The Morgan fingerprint density at radius 1 is 1.02 bits per heavy atom. The van der Waals surface area contributed by atoms with Crippen LogP contribution in [-0.2, 0) is 37.3 Å². The van der Waals surface area contributed by atoms with Crippen LogP contribution in [0.15, 0.2) is 67.1 Å². The number of carbonyl (C=O) groups excluding carboxylic acids is 2. The number of methoxy groups -OCH3 is 1. The van der Waals surface area contributed by atoms with Gasteiger partial charge in [-0.25, -0.2) is 0 Å². The Morgan fingerprint density at radius 3 is 2.68 bits per heavy atom. The molecule has 0 saturated heterocycles. The summed E-state index contributed by atoms with van der Waals surface area (Å²) in [6.45, 7) is 6.23. The van der Waals surface area contributed by atoms with E-state index < -0.39 is 11.9 Å². The molecule has 0 radical (unpaired) electrons. The highest BCUT2D eigenvalue weighted by Crippen LogP contribution is 2.31. The minimum absolute atomic E-state index is 0.257. The number of aromatic nitrogens is 5. The number of fused-ring (bicyclic) bond motifs is 3. The number of carbonyl (C=O) groups is 2. The first-order chi connectivity index (χ1) is 21.5. The molecule has 12 heteroatoms. The molecule has 0 unspecified atom stereocenters. The van der Waals surface area contributed by atoms with Crippen molar-refractivity contribution in [3.8, 4) is 11.5 Å². The lowest BCUT2D eigenvalue weighted by molar-refractivity contribution is -0.123. The smallest absolute Gasteiger partial charge is 0.255 e. The quantitative estimate of drug-likeness (QED) is 0.346. The molecule has 0 saturated carbocycles. The monoisotopic (exact) mass is 600 g/mol. The SMILES string of the molecule is CCn1cc(CN2CCNC(=O)[C@H](Cc3ccccc3)NC(=O)c3cccc(OC)c3OCCCn3cc(nn3)CC2)cn1. The summed E-state index contributed by atoms with van der Waals surface area (Å²) >= 11 is 0. The van der Waals surface area contributed by atoms with Gasteiger partial charge in [-0.15, -0.1) is 5.10 Å². The molecule has 44 heavy (non-hydrogen) atoms. The first kappa shape index (κ1) is 30.7. The number of nitrogens with one attached hydrogen (secondary N) is 2. The van der Waals surface area contributed by atoms with Crippen LogP contribution in [0.1, 0.15) is 40.5 Å². The van der Waals surface area contributed by atoms with Crippen LogP contribution < -0.4 is 20.1 Å². The zero-order valence-electron chi connectivity index (χ0n) is 25.3. The van der Waals surface area contributed by atoms with Crippen LogP contribution in [0.2, 0.25) is 0 Å². The highest BCUT2D eigenvalue weighted by atomic mass is 16.5. The van der Waals surface area contributed by atoms with E-state index in [2.05, 4.69) is 37.9 Å². The summed E-state index contributed by atoms with van der Waals surface area (Å²) in [7, 11) is 1.53. The molecule has 5 rings (SSSR count). The van der Waals surface area contributed by atoms with Crippen molar-refractivity contribution in [1.29, 1.82) is 0 Å². The fourth-order valence-corrected chi connectivity index (χ4v) is 5.18. The zero-order chi connectivity index (χ0) is 30.7. The van der Waals surface area contributed by atoms with E-state index in [1.54, 1.807) is 18.2 Å². The van der Waals surface area contributed by atoms with Crippen molar-refractivity contribution in [2.75, 3.05) is 33.4 Å². The van der Waals surface area contributed by atoms with Crippen LogP contribution in [0.5, 0.6) is 11.5 Å². The van der Waals surface area contributed by atoms with Gasteiger partial charge < -0.3 is 20.1 Å². The van der Waals surface area contributed by atoms with Gasteiger partial charge >= 0.3 is 0 Å². The molecule has 4 aromatic rings. The maximum atomic E-state index is 13.7. The van der Waals surface area contributed by atoms with E-state index in [4.69, 9.17) is 9.47 Å². The molecule has 2 N–H and O–H groups in total. The number of nitrogens with zero attached hydrogens (tertiary/aromatic N) is 6. The van der Waals surface area contributed by atoms with Gasteiger partial charge in [-0.1, -0.05) is 41.6 Å². The molecule has 232 valence electrons. The van der Waals surface area contributed by atoms with Crippen molar-refractivity contribution < 1.29 is 19.1 Å². The number of hydrogen-bond donors (Lipinski definition) is 2. The van der Waals surface area contributed by atoms with Gasteiger partial charge in [0.15, 0.2) is 11.5 Å². The molecule has 0 spiro atoms. The van der Waals surface area contributed by atoms with Crippen LogP contribution in [0.3, 0.4) is 0 Å². The third kappa shape index (κ3) is 8.22. The minimum atomic E-state index is -0.795. The topological polar surface area (TPSA) is 128 Å². The second kappa shape index (κ2) is 15.1. The Hall–Kier alpha value is -4.71. The third-order valence-electron chi connectivity index (χ3n) is 7.54. The van der Waals surface area contributed by atoms with E-state index in [-0.39, 0.29) is 5.91 Å². The van der Waals surface area contributed by atoms with Gasteiger partial charge in [0.05, 0.1) is 31.2 Å². The second-order valence-electron chi connectivity index (χ2n) is 10.7. The number of rotatable bonds is 6. The van der Waals surface area contributed by atoms with Crippen LogP contribution in [0.25, 0.3) is 0 Å². The summed E-state index contributed by atoms with van der Waals surface area (Å²) in [6.07, 6.45) is 7.59. The number of amides is 2. The Morgan fingerprint density at radius 2 is 1.89 bits per heavy atom. The minimum Gasteiger partial charge on any atom is -0.493 e. The molecule has 3 heterocycles. The molecule has 0 fully saturated rings. The van der Waals surface area contributed by atoms with Crippen molar-refractivity contribution in [3.05, 3.63) is 89.5 Å². The van der Waals surface area contributed by atoms with E-state index in [0.717, 1.165) is 29.9 Å². The second-order valence-corrected chi connectivity index (χ2v) is 10.7. The molecule has 12 nitrogen and oxygen atoms in total. The Balaban J connectivity index is 1.39. The lowest BCUT2D eigenvalue weighted by Gasteiger charge is -2.23. The lowest BCUT2D eigenvalue weighted by Crippen LogP contribution is -2.49. The molecule has 1 aliphatic heterocycles. The van der Waals surface area contributed by atoms with Crippen molar-refractivity contribution >= 4 is 11.8 Å². The van der Waals surface area contributed by atoms with E-state index in [1.807, 2.05) is 58.3 Å². The molecular weight excluding hydrogens is 560 g/mol. The van der Waals surface area contributed by atoms with Gasteiger partial charge in [-0.3, -0.25) is 23.9 Å². The standard InChI is InChI=1S/C32H40N8O4/c1-3-39-22-25(20-34-39)21-38-16-13-26-23-40(37-36-26)15-8-18-44-30-27(11-7-12-29(30)43-2)31(41)35-28(32(42)33-14-17-38)19-24-9-5-4-6-10-24/h4-7,9-12,20,22-23,28H,3,8,13-19,21H2,1-2H3,(H,33,42)(H,35,41)/t28-/m0/s1. The molecule has 0 aliphatic carbocycles. The fraction of sp³-hybridized carbons (Fsp3) is 0.406. The van der Waals surface area contributed by atoms with Gasteiger partial charge in [0.2, 0.25) is 5.91 Å². The van der Waals surface area contributed by atoms with Crippen molar-refractivity contribution in [2.45, 2.75) is 51.9 Å². The highest BCUT2D eigenvalue weighted by molar-refractivity contribution is 6.00. The van der Waals surface area contributed by atoms with E-state index >= 15 is 0 Å². The van der Waals surface area contributed by atoms with E-state index in [9.17, 15) is 9.59 Å². The van der Waals surface area contributed by atoms with Gasteiger partial charge in [-0.2, -0.15) is 5.10 Å². The van der Waals surface area contributed by atoms with Crippen LogP contribution in [0, 0.1) is 0 Å². The largest absolute Gasteiger partial charge is 0.493 e. The van der Waals surface area contributed by atoms with Gasteiger partial charge in [0.1, 0.15) is 6.04 Å². The van der Waals surface area contributed by atoms with Crippen molar-refractivity contribution in [2.24, 2.45) is 0 Å². The fourth-order valence-electron chi connectivity index (χ4n) is 5.18. The predicted octanol–water partition coefficient (Wildman–Crippen LogP) is 2.49. The van der Waals surface area contributed by atoms with E-state index in [1.165, 1.54) is 7.11 Å². The summed E-state index contributed by atoms with van der Waals surface area (Å²) in [5.74, 6) is 0.112. The van der Waals surface area contributed by atoms with Crippen LogP contribution in [-0.4, -0.2) is 80.9 Å². The maximum absolute atomic E-state index is 13.7. The summed E-state index contributed by atoms with van der Waals surface area (Å²) in [4.78, 5) is 29.5. The van der Waals surface area contributed by atoms with Crippen LogP contribution in [0.4, 0.5) is 0 Å². The Kier molecular flexibility index (Phi) is 10.6. The molecule has 2 aromatic heterocycles. The predicted molar refractivity (Wildman–Crippen MR) is 164 cm³/mol. The maximum Gasteiger partial charge on any atom is 0.255 e.